The summed E-state index contributed by atoms with van der Waals surface area (Å²) in [5.41, 5.74) is 1.47. The van der Waals surface area contributed by atoms with Crippen molar-refractivity contribution in [3.63, 3.8) is 0 Å². The first-order valence-electron chi connectivity index (χ1n) is 8.32. The first-order chi connectivity index (χ1) is 12.6. The number of benzene rings is 1. The maximum Gasteiger partial charge on any atom is 0.227 e. The molecule has 1 N–H and O–H groups in total. The van der Waals surface area contributed by atoms with E-state index in [4.69, 9.17) is 9.47 Å². The van der Waals surface area contributed by atoms with Gasteiger partial charge in [0.2, 0.25) is 11.8 Å². The zero-order chi connectivity index (χ0) is 18.5. The fourth-order valence-electron chi connectivity index (χ4n) is 2.95. The van der Waals surface area contributed by atoms with Crippen LogP contribution in [0.1, 0.15) is 12.1 Å². The second kappa shape index (κ2) is 7.86. The van der Waals surface area contributed by atoms with Crippen LogP contribution in [0.15, 0.2) is 42.6 Å². The van der Waals surface area contributed by atoms with E-state index in [9.17, 15) is 9.59 Å². The third-order valence-electron chi connectivity index (χ3n) is 4.34. The third kappa shape index (κ3) is 3.77. The van der Waals surface area contributed by atoms with E-state index in [1.165, 1.54) is 0 Å². The number of hydrogen-bond acceptors (Lipinski definition) is 5. The van der Waals surface area contributed by atoms with Crippen molar-refractivity contribution in [1.29, 1.82) is 0 Å². The van der Waals surface area contributed by atoms with Crippen LogP contribution in [0.2, 0.25) is 0 Å². The van der Waals surface area contributed by atoms with Crippen molar-refractivity contribution in [2.24, 2.45) is 5.92 Å². The standard InChI is InChI=1S/C19H21N3O4/c1-25-16-7-6-15(10-17(16)26-2)22-12-13(9-18(22)23)19(24)21-11-14-5-3-4-8-20-14/h3-8,10,13H,9,11-12H2,1-2H3,(H,21,24). The van der Waals surface area contributed by atoms with Crippen molar-refractivity contribution in [3.05, 3.63) is 48.3 Å². The molecule has 1 unspecified atom stereocenters. The molecule has 1 fully saturated rings. The number of methoxy groups -OCH3 is 2. The Morgan fingerprint density at radius 1 is 1.23 bits per heavy atom. The molecule has 7 nitrogen and oxygen atoms in total. The topological polar surface area (TPSA) is 80.8 Å². The summed E-state index contributed by atoms with van der Waals surface area (Å²) in [6.07, 6.45) is 1.86. The molecule has 2 heterocycles. The van der Waals surface area contributed by atoms with Gasteiger partial charge in [-0.05, 0) is 24.3 Å². The van der Waals surface area contributed by atoms with E-state index >= 15 is 0 Å². The van der Waals surface area contributed by atoms with Gasteiger partial charge in [0.1, 0.15) is 0 Å². The Labute approximate surface area is 151 Å². The number of hydrogen-bond donors (Lipinski definition) is 1. The average molecular weight is 355 g/mol. The quantitative estimate of drug-likeness (QED) is 0.854. The number of nitrogens with one attached hydrogen (secondary N) is 1. The van der Waals surface area contributed by atoms with Crippen molar-refractivity contribution >= 4 is 17.5 Å². The fraction of sp³-hybridized carbons (Fsp3) is 0.316. The Morgan fingerprint density at radius 3 is 2.73 bits per heavy atom. The number of aromatic nitrogens is 1. The van der Waals surface area contributed by atoms with Crippen LogP contribution in [0, 0.1) is 5.92 Å². The molecule has 1 atom stereocenters. The molecule has 0 radical (unpaired) electrons. The highest BCUT2D eigenvalue weighted by molar-refractivity contribution is 6.00. The number of carbonyl (C=O) groups is 2. The normalized spacial score (nSPS) is 16.5. The number of amides is 2. The maximum atomic E-state index is 12.4. The molecule has 0 spiro atoms. The molecule has 7 heteroatoms. The molecular formula is C19H21N3O4. The van der Waals surface area contributed by atoms with Gasteiger partial charge in [0.15, 0.2) is 11.5 Å². The van der Waals surface area contributed by atoms with Gasteiger partial charge in [-0.1, -0.05) is 6.07 Å². The molecule has 1 saturated heterocycles. The predicted molar refractivity (Wildman–Crippen MR) is 96.1 cm³/mol. The van der Waals surface area contributed by atoms with Gasteiger partial charge >= 0.3 is 0 Å². The molecule has 2 amide bonds. The van der Waals surface area contributed by atoms with Crippen LogP contribution in [-0.4, -0.2) is 37.6 Å². The van der Waals surface area contributed by atoms with Gasteiger partial charge in [-0.2, -0.15) is 0 Å². The molecule has 1 aromatic carbocycles. The van der Waals surface area contributed by atoms with Gasteiger partial charge in [0, 0.05) is 30.9 Å². The molecule has 1 aliphatic rings. The summed E-state index contributed by atoms with van der Waals surface area (Å²) in [6, 6.07) is 10.8. The van der Waals surface area contributed by atoms with E-state index in [0.29, 0.717) is 30.3 Å². The lowest BCUT2D eigenvalue weighted by Crippen LogP contribution is -2.32. The summed E-state index contributed by atoms with van der Waals surface area (Å²) in [6.45, 7) is 0.684. The highest BCUT2D eigenvalue weighted by Crippen LogP contribution is 2.34. The number of ether oxygens (including phenoxy) is 2. The van der Waals surface area contributed by atoms with Crippen molar-refractivity contribution in [3.8, 4) is 11.5 Å². The zero-order valence-corrected chi connectivity index (χ0v) is 14.8. The van der Waals surface area contributed by atoms with Crippen LogP contribution in [-0.2, 0) is 16.1 Å². The summed E-state index contributed by atoms with van der Waals surface area (Å²) in [7, 11) is 3.10. The van der Waals surface area contributed by atoms with Crippen LogP contribution in [0.3, 0.4) is 0 Å². The third-order valence-corrected chi connectivity index (χ3v) is 4.34. The molecule has 1 aromatic heterocycles. The van der Waals surface area contributed by atoms with E-state index in [-0.39, 0.29) is 24.2 Å². The van der Waals surface area contributed by atoms with E-state index in [1.807, 2.05) is 18.2 Å². The molecule has 26 heavy (non-hydrogen) atoms. The minimum absolute atomic E-state index is 0.0878. The number of anilines is 1. The molecule has 136 valence electrons. The highest BCUT2D eigenvalue weighted by Gasteiger charge is 2.35. The fourth-order valence-corrected chi connectivity index (χ4v) is 2.95. The van der Waals surface area contributed by atoms with Crippen molar-refractivity contribution in [2.75, 3.05) is 25.7 Å². The molecule has 2 aromatic rings. The van der Waals surface area contributed by atoms with Crippen LogP contribution >= 0.6 is 0 Å². The second-order valence-electron chi connectivity index (χ2n) is 5.98. The van der Waals surface area contributed by atoms with Gasteiger partial charge in [-0.25, -0.2) is 0 Å². The summed E-state index contributed by atoms with van der Waals surface area (Å²) >= 11 is 0. The first kappa shape index (κ1) is 17.7. The van der Waals surface area contributed by atoms with Gasteiger partial charge in [-0.3, -0.25) is 14.6 Å². The summed E-state index contributed by atoms with van der Waals surface area (Å²) in [4.78, 5) is 30.6. The van der Waals surface area contributed by atoms with Crippen LogP contribution < -0.4 is 19.7 Å². The second-order valence-corrected chi connectivity index (χ2v) is 5.98. The van der Waals surface area contributed by atoms with E-state index in [2.05, 4.69) is 10.3 Å². The van der Waals surface area contributed by atoms with E-state index in [1.54, 1.807) is 43.5 Å². The number of rotatable bonds is 6. The van der Waals surface area contributed by atoms with Crippen molar-refractivity contribution < 1.29 is 19.1 Å². The zero-order valence-electron chi connectivity index (χ0n) is 14.8. The lowest BCUT2D eigenvalue weighted by molar-refractivity contribution is -0.126. The summed E-state index contributed by atoms with van der Waals surface area (Å²) in [5, 5.41) is 2.85. The minimum atomic E-state index is -0.390. The molecule has 3 rings (SSSR count). The monoisotopic (exact) mass is 355 g/mol. The summed E-state index contributed by atoms with van der Waals surface area (Å²) in [5.74, 6) is 0.509. The van der Waals surface area contributed by atoms with Crippen molar-refractivity contribution in [1.82, 2.24) is 10.3 Å². The predicted octanol–water partition coefficient (Wildman–Crippen LogP) is 1.77. The first-order valence-corrected chi connectivity index (χ1v) is 8.32. The molecule has 0 saturated carbocycles. The SMILES string of the molecule is COc1ccc(N2CC(C(=O)NCc3ccccn3)CC2=O)cc1OC. The maximum absolute atomic E-state index is 12.4. The molecular weight excluding hydrogens is 334 g/mol. The Kier molecular flexibility index (Phi) is 5.36. The summed E-state index contributed by atoms with van der Waals surface area (Å²) < 4.78 is 10.5. The van der Waals surface area contributed by atoms with Gasteiger partial charge in [0.05, 0.1) is 32.4 Å². The number of pyridine rings is 1. The van der Waals surface area contributed by atoms with Crippen LogP contribution in [0.25, 0.3) is 0 Å². The molecule has 1 aliphatic heterocycles. The van der Waals surface area contributed by atoms with E-state index < -0.39 is 0 Å². The molecule has 0 aliphatic carbocycles. The minimum Gasteiger partial charge on any atom is -0.493 e. The molecule has 0 bridgehead atoms. The Balaban J connectivity index is 1.65. The number of carbonyl (C=O) groups excluding carboxylic acids is 2. The number of nitrogens with zero attached hydrogens (tertiary/aromatic N) is 2. The van der Waals surface area contributed by atoms with Crippen LogP contribution in [0.5, 0.6) is 11.5 Å². The average Bonchev–Trinajstić information content (AvgIpc) is 3.08. The Morgan fingerprint density at radius 2 is 2.04 bits per heavy atom. The van der Waals surface area contributed by atoms with Gasteiger partial charge < -0.3 is 19.7 Å². The lowest BCUT2D eigenvalue weighted by Gasteiger charge is -2.18. The van der Waals surface area contributed by atoms with Gasteiger partial charge in [-0.15, -0.1) is 0 Å². The van der Waals surface area contributed by atoms with E-state index in [0.717, 1.165) is 5.69 Å². The largest absolute Gasteiger partial charge is 0.493 e. The lowest BCUT2D eigenvalue weighted by atomic mass is 10.1. The highest BCUT2D eigenvalue weighted by atomic mass is 16.5. The Hall–Kier alpha value is -3.09. The Bertz CT molecular complexity index is 795. The van der Waals surface area contributed by atoms with Crippen LogP contribution in [0.4, 0.5) is 5.69 Å². The smallest absolute Gasteiger partial charge is 0.227 e. The van der Waals surface area contributed by atoms with Gasteiger partial charge in [0.25, 0.3) is 0 Å². The van der Waals surface area contributed by atoms with Crippen molar-refractivity contribution in [2.45, 2.75) is 13.0 Å².